The third-order valence-electron chi connectivity index (χ3n) is 1.08. The normalized spacial score (nSPS) is 13.4. The Hall–Kier alpha value is -0.440. The summed E-state index contributed by atoms with van der Waals surface area (Å²) in [6.45, 7) is 6.57. The quantitative estimate of drug-likeness (QED) is 0.664. The molecule has 1 N–H and O–H groups in total. The van der Waals surface area contributed by atoms with E-state index in [0.29, 0.717) is 6.54 Å². The maximum atomic E-state index is 10.9. The molecule has 0 heterocycles. The molecule has 2 nitrogen and oxygen atoms in total. The van der Waals surface area contributed by atoms with E-state index in [2.05, 4.69) is 5.32 Å². The molecule has 1 atom stereocenters. The fraction of sp³-hybridized carbons (Fsp3) is 0.625. The zero-order chi connectivity index (χ0) is 8.69. The van der Waals surface area contributed by atoms with Crippen molar-refractivity contribution in [3.05, 3.63) is 12.2 Å². The molecule has 64 valence electrons. The average Bonchev–Trinajstić information content (AvgIpc) is 1.87. The number of nitrogens with one attached hydrogen (secondary N) is 1. The zero-order valence-corrected chi connectivity index (χ0v) is 8.07. The molecule has 0 bridgehead atoms. The second-order valence-corrected chi connectivity index (χ2v) is 3.52. The Morgan fingerprint density at radius 1 is 1.73 bits per heavy atom. The minimum atomic E-state index is 0.0538. The van der Waals surface area contributed by atoms with Crippen molar-refractivity contribution in [3.8, 4) is 0 Å². The lowest BCUT2D eigenvalue weighted by Crippen LogP contribution is -2.19. The minimum Gasteiger partial charge on any atom is -0.347 e. The van der Waals surface area contributed by atoms with E-state index in [1.54, 1.807) is 0 Å². The Balaban J connectivity index is 3.57. The fourth-order valence-electron chi connectivity index (χ4n) is 0.665. The van der Waals surface area contributed by atoms with E-state index in [9.17, 15) is 4.79 Å². The minimum absolute atomic E-state index is 0.0538. The molecule has 11 heavy (non-hydrogen) atoms. The Labute approximate surface area is 72.4 Å². The summed E-state index contributed by atoms with van der Waals surface area (Å²) in [6.07, 6.45) is 3.96. The van der Waals surface area contributed by atoms with Gasteiger partial charge in [0.1, 0.15) is 0 Å². The van der Waals surface area contributed by atoms with Gasteiger partial charge in [0, 0.05) is 11.8 Å². The number of amides is 1. The molecule has 1 amide bonds. The van der Waals surface area contributed by atoms with Gasteiger partial charge in [0.15, 0.2) is 0 Å². The fourth-order valence-corrected chi connectivity index (χ4v) is 1.47. The van der Waals surface area contributed by atoms with Crippen molar-refractivity contribution < 1.29 is 4.79 Å². The number of hydrogen-bond donors (Lipinski definition) is 1. The molecule has 0 saturated carbocycles. The summed E-state index contributed by atoms with van der Waals surface area (Å²) in [7, 11) is 0. The van der Waals surface area contributed by atoms with E-state index >= 15 is 0 Å². The highest BCUT2D eigenvalue weighted by atomic mass is 32.2. The SMILES string of the molecule is C/C=C/[C@H](C)SC(=O)NCC. The van der Waals surface area contributed by atoms with Crippen molar-refractivity contribution >= 4 is 17.0 Å². The largest absolute Gasteiger partial charge is 0.347 e. The summed E-state index contributed by atoms with van der Waals surface area (Å²) in [6, 6.07) is 0. The summed E-state index contributed by atoms with van der Waals surface area (Å²) < 4.78 is 0. The van der Waals surface area contributed by atoms with Gasteiger partial charge in [-0.25, -0.2) is 0 Å². The first-order valence-corrected chi connectivity index (χ1v) is 4.66. The monoisotopic (exact) mass is 173 g/mol. The van der Waals surface area contributed by atoms with Crippen molar-refractivity contribution in [2.75, 3.05) is 6.54 Å². The molecule has 0 spiro atoms. The van der Waals surface area contributed by atoms with Crippen LogP contribution in [0.3, 0.4) is 0 Å². The lowest BCUT2D eigenvalue weighted by atomic mass is 10.4. The van der Waals surface area contributed by atoms with Gasteiger partial charge in [-0.2, -0.15) is 0 Å². The van der Waals surface area contributed by atoms with Crippen molar-refractivity contribution in [2.45, 2.75) is 26.0 Å². The van der Waals surface area contributed by atoms with Gasteiger partial charge >= 0.3 is 0 Å². The molecule has 0 aromatic rings. The molecule has 0 aromatic heterocycles. The lowest BCUT2D eigenvalue weighted by Gasteiger charge is -2.04. The molecule has 0 aliphatic heterocycles. The average molecular weight is 173 g/mol. The number of thioether (sulfide) groups is 1. The number of allylic oxidation sites excluding steroid dienone is 1. The maximum absolute atomic E-state index is 10.9. The van der Waals surface area contributed by atoms with E-state index < -0.39 is 0 Å². The Kier molecular flexibility index (Phi) is 6.03. The van der Waals surface area contributed by atoms with Crippen LogP contribution in [0.4, 0.5) is 4.79 Å². The first-order valence-electron chi connectivity index (χ1n) is 3.78. The van der Waals surface area contributed by atoms with Crippen molar-refractivity contribution in [1.29, 1.82) is 0 Å². The van der Waals surface area contributed by atoms with Gasteiger partial charge < -0.3 is 5.32 Å². The Morgan fingerprint density at radius 2 is 2.36 bits per heavy atom. The third kappa shape index (κ3) is 5.98. The predicted molar refractivity (Wildman–Crippen MR) is 50.9 cm³/mol. The Bertz CT molecular complexity index is 145. The van der Waals surface area contributed by atoms with Crippen LogP contribution in [-0.2, 0) is 0 Å². The number of carbonyl (C=O) groups excluding carboxylic acids is 1. The lowest BCUT2D eigenvalue weighted by molar-refractivity contribution is 0.261. The molecular formula is C8H15NOS. The van der Waals surface area contributed by atoms with Gasteiger partial charge in [0.2, 0.25) is 0 Å². The molecule has 0 aromatic carbocycles. The second-order valence-electron chi connectivity index (χ2n) is 2.17. The van der Waals surface area contributed by atoms with E-state index in [1.165, 1.54) is 11.8 Å². The van der Waals surface area contributed by atoms with Gasteiger partial charge in [-0.15, -0.1) is 0 Å². The maximum Gasteiger partial charge on any atom is 0.279 e. The number of carbonyl (C=O) groups is 1. The van der Waals surface area contributed by atoms with Gasteiger partial charge in [0.25, 0.3) is 5.24 Å². The smallest absolute Gasteiger partial charge is 0.279 e. The van der Waals surface area contributed by atoms with Crippen molar-refractivity contribution in [3.63, 3.8) is 0 Å². The molecule has 0 radical (unpaired) electrons. The van der Waals surface area contributed by atoms with Gasteiger partial charge in [0.05, 0.1) is 0 Å². The summed E-state index contributed by atoms with van der Waals surface area (Å²) in [5.74, 6) is 0. The van der Waals surface area contributed by atoms with Crippen LogP contribution >= 0.6 is 11.8 Å². The highest BCUT2D eigenvalue weighted by Gasteiger charge is 2.03. The highest BCUT2D eigenvalue weighted by Crippen LogP contribution is 2.11. The summed E-state index contributed by atoms with van der Waals surface area (Å²) in [4.78, 5) is 10.9. The van der Waals surface area contributed by atoms with Crippen LogP contribution < -0.4 is 5.32 Å². The molecule has 0 saturated heterocycles. The van der Waals surface area contributed by atoms with E-state index in [0.717, 1.165) is 0 Å². The van der Waals surface area contributed by atoms with Crippen LogP contribution in [0, 0.1) is 0 Å². The number of rotatable bonds is 3. The summed E-state index contributed by atoms with van der Waals surface area (Å²) in [5.41, 5.74) is 0. The first kappa shape index (κ1) is 10.6. The van der Waals surface area contributed by atoms with Crippen molar-refractivity contribution in [1.82, 2.24) is 5.32 Å². The van der Waals surface area contributed by atoms with Gasteiger partial charge in [-0.1, -0.05) is 23.9 Å². The van der Waals surface area contributed by atoms with Crippen LogP contribution in [0.1, 0.15) is 20.8 Å². The van der Waals surface area contributed by atoms with E-state index in [4.69, 9.17) is 0 Å². The molecular weight excluding hydrogens is 158 g/mol. The van der Waals surface area contributed by atoms with Crippen LogP contribution in [0.5, 0.6) is 0 Å². The van der Waals surface area contributed by atoms with Crippen LogP contribution in [-0.4, -0.2) is 17.0 Å². The highest BCUT2D eigenvalue weighted by molar-refractivity contribution is 8.14. The number of hydrogen-bond acceptors (Lipinski definition) is 2. The van der Waals surface area contributed by atoms with Gasteiger partial charge in [-0.3, -0.25) is 4.79 Å². The van der Waals surface area contributed by atoms with Crippen LogP contribution in [0.25, 0.3) is 0 Å². The molecule has 0 rings (SSSR count). The molecule has 0 aliphatic carbocycles. The standard InChI is InChI=1S/C8H15NOS/c1-4-6-7(3)11-8(10)9-5-2/h4,6-7H,5H2,1-3H3,(H,9,10)/b6-4+/t7-/m0/s1. The first-order chi connectivity index (χ1) is 5.20. The molecule has 0 aliphatic rings. The molecule has 0 unspecified atom stereocenters. The Morgan fingerprint density at radius 3 is 2.82 bits per heavy atom. The van der Waals surface area contributed by atoms with Crippen LogP contribution in [0.15, 0.2) is 12.2 Å². The zero-order valence-electron chi connectivity index (χ0n) is 7.26. The van der Waals surface area contributed by atoms with Crippen molar-refractivity contribution in [2.24, 2.45) is 0 Å². The van der Waals surface area contributed by atoms with E-state index in [-0.39, 0.29) is 10.5 Å². The summed E-state index contributed by atoms with van der Waals surface area (Å²) >= 11 is 1.31. The molecule has 0 fully saturated rings. The topological polar surface area (TPSA) is 29.1 Å². The summed E-state index contributed by atoms with van der Waals surface area (Å²) in [5, 5.41) is 3.05. The predicted octanol–water partition coefficient (Wildman–Crippen LogP) is 2.41. The second kappa shape index (κ2) is 6.28. The van der Waals surface area contributed by atoms with E-state index in [1.807, 2.05) is 32.9 Å². The van der Waals surface area contributed by atoms with Crippen LogP contribution in [0.2, 0.25) is 0 Å². The molecule has 3 heteroatoms. The third-order valence-corrected chi connectivity index (χ3v) is 1.96. The van der Waals surface area contributed by atoms with Gasteiger partial charge in [-0.05, 0) is 20.8 Å².